The molecule has 0 fully saturated rings. The van der Waals surface area contributed by atoms with Crippen LogP contribution in [0.2, 0.25) is 0 Å². The van der Waals surface area contributed by atoms with Crippen LogP contribution in [0, 0.1) is 0 Å². The zero-order chi connectivity index (χ0) is 24.0. The summed E-state index contributed by atoms with van der Waals surface area (Å²) in [5, 5.41) is 0.897. The van der Waals surface area contributed by atoms with Crippen molar-refractivity contribution in [3.8, 4) is 5.75 Å². The molecule has 0 heterocycles. The number of ether oxygens (including phenoxy) is 1. The number of hydrogen-bond donors (Lipinski definition) is 0. The van der Waals surface area contributed by atoms with Crippen molar-refractivity contribution in [1.29, 1.82) is 0 Å². The summed E-state index contributed by atoms with van der Waals surface area (Å²) in [5.41, 5.74) is 2.40. The average molecular weight is 539 g/mol. The van der Waals surface area contributed by atoms with Gasteiger partial charge in [-0.2, -0.15) is 0 Å². The second-order valence-electron chi connectivity index (χ2n) is 8.77. The van der Waals surface area contributed by atoms with Crippen LogP contribution in [0.3, 0.4) is 0 Å². The van der Waals surface area contributed by atoms with Crippen molar-refractivity contribution in [3.05, 3.63) is 157 Å². The molecule has 0 aromatic heterocycles. The molecule has 0 radical (unpaired) electrons. The quantitative estimate of drug-likeness (QED) is 0.185. The molecule has 0 aliphatic carbocycles. The summed E-state index contributed by atoms with van der Waals surface area (Å²) < 4.78 is 6.20. The molecule has 1 nitrogen and oxygen atoms in total. The first-order valence-electron chi connectivity index (χ1n) is 11.8. The number of rotatable bonds is 8. The molecule has 0 atom stereocenters. The first kappa shape index (κ1) is 23.5. The molecule has 3 heteroatoms. The Morgan fingerprint density at radius 1 is 0.486 bits per heavy atom. The van der Waals surface area contributed by atoms with Crippen molar-refractivity contribution >= 4 is 36.7 Å². The second-order valence-corrected chi connectivity index (χ2v) is 17.7. The summed E-state index contributed by atoms with van der Waals surface area (Å²) in [6, 6.07) is 51.6. The van der Waals surface area contributed by atoms with E-state index in [9.17, 15) is 0 Å². The van der Waals surface area contributed by atoms with E-state index < -0.39 is 5.31 Å². The van der Waals surface area contributed by atoms with E-state index in [0.29, 0.717) is 6.61 Å². The van der Waals surface area contributed by atoms with Gasteiger partial charge in [-0.1, -0.05) is 0 Å². The fraction of sp³-hybridized carbons (Fsp3) is 0.0625. The third-order valence-corrected chi connectivity index (χ3v) is 16.0. The Balaban J connectivity index is 1.63. The Bertz CT molecular complexity index is 1270. The van der Waals surface area contributed by atoms with Gasteiger partial charge in [0.2, 0.25) is 0 Å². The van der Waals surface area contributed by atoms with E-state index in [2.05, 4.69) is 137 Å². The Morgan fingerprint density at radius 2 is 0.914 bits per heavy atom. The fourth-order valence-electron chi connectivity index (χ4n) is 4.75. The predicted octanol–water partition coefficient (Wildman–Crippen LogP) is 7.61. The molecule has 0 unspecified atom stereocenters. The van der Waals surface area contributed by atoms with Gasteiger partial charge in [0.05, 0.1) is 0 Å². The van der Waals surface area contributed by atoms with Gasteiger partial charge in [0.1, 0.15) is 0 Å². The van der Waals surface area contributed by atoms with Crippen LogP contribution in [0.5, 0.6) is 5.75 Å². The molecule has 35 heavy (non-hydrogen) atoms. The molecular formula is C32H28BrOP. The average Bonchev–Trinajstić information content (AvgIpc) is 2.94. The number of benzene rings is 5. The van der Waals surface area contributed by atoms with E-state index in [1.54, 1.807) is 0 Å². The Kier molecular flexibility index (Phi) is 6.86. The molecule has 0 bridgehead atoms. The first-order chi connectivity index (χ1) is 17.2. The van der Waals surface area contributed by atoms with Crippen molar-refractivity contribution in [2.45, 2.75) is 12.8 Å². The fourth-order valence-corrected chi connectivity index (χ4v) is 12.5. The van der Waals surface area contributed by atoms with Crippen molar-refractivity contribution in [3.63, 3.8) is 0 Å². The van der Waals surface area contributed by atoms with Gasteiger partial charge in [0.25, 0.3) is 0 Å². The standard InChI is InChI=1S/C32H28BrOP/c33-35(30-18-7-2-8-19-30,31-20-9-3-10-21-31,32-22-11-4-12-23-32)26-28-16-13-17-29(24-28)34-25-27-14-5-1-6-15-27/h1-24H,25-26H2. The molecule has 0 amide bonds. The van der Waals surface area contributed by atoms with E-state index in [1.807, 2.05) is 24.3 Å². The SMILES string of the molecule is BrP(Cc1cccc(OCc2ccccc2)c1)(c1ccccc1)(c1ccccc1)c1ccccc1. The van der Waals surface area contributed by atoms with Crippen LogP contribution >= 0.6 is 20.8 Å². The molecule has 0 aliphatic heterocycles. The van der Waals surface area contributed by atoms with Gasteiger partial charge in [-0.15, -0.1) is 0 Å². The minimum atomic E-state index is -3.04. The zero-order valence-corrected chi connectivity index (χ0v) is 22.0. The summed E-state index contributed by atoms with van der Waals surface area (Å²) in [5.74, 6) is 0.887. The molecule has 5 aromatic carbocycles. The first-order valence-corrected chi connectivity index (χ1v) is 16.3. The van der Waals surface area contributed by atoms with E-state index >= 15 is 0 Å². The second kappa shape index (κ2) is 10.2. The topological polar surface area (TPSA) is 9.23 Å². The summed E-state index contributed by atoms with van der Waals surface area (Å²) >= 11 is 4.54. The van der Waals surface area contributed by atoms with Gasteiger partial charge in [-0.3, -0.25) is 0 Å². The molecule has 174 valence electrons. The Labute approximate surface area is 216 Å². The van der Waals surface area contributed by atoms with Gasteiger partial charge >= 0.3 is 217 Å². The van der Waals surface area contributed by atoms with Crippen molar-refractivity contribution in [2.75, 3.05) is 0 Å². The molecule has 0 N–H and O–H groups in total. The Hall–Kier alpha value is -3.19. The van der Waals surface area contributed by atoms with Crippen LogP contribution < -0.4 is 20.7 Å². The van der Waals surface area contributed by atoms with Gasteiger partial charge in [0.15, 0.2) is 0 Å². The minimum absolute atomic E-state index is 0.554. The summed E-state index contributed by atoms with van der Waals surface area (Å²) in [6.45, 7) is 0.554. The molecule has 0 spiro atoms. The van der Waals surface area contributed by atoms with Gasteiger partial charge in [0, 0.05) is 0 Å². The van der Waals surface area contributed by atoms with Crippen LogP contribution in [0.4, 0.5) is 0 Å². The van der Waals surface area contributed by atoms with Gasteiger partial charge in [-0.05, 0) is 0 Å². The molecular weight excluding hydrogens is 511 g/mol. The number of halogens is 1. The molecule has 0 aliphatic rings. The normalized spacial score (nSPS) is 12.4. The summed E-state index contributed by atoms with van der Waals surface area (Å²) in [4.78, 5) is 0. The maximum atomic E-state index is 6.20. The monoisotopic (exact) mass is 538 g/mol. The zero-order valence-electron chi connectivity index (χ0n) is 19.5. The number of hydrogen-bond acceptors (Lipinski definition) is 1. The van der Waals surface area contributed by atoms with Crippen LogP contribution in [0.25, 0.3) is 0 Å². The summed E-state index contributed by atoms with van der Waals surface area (Å²) in [7, 11) is 0. The van der Waals surface area contributed by atoms with E-state index in [1.165, 1.54) is 21.5 Å². The molecule has 5 aromatic rings. The maximum absolute atomic E-state index is 6.20. The van der Waals surface area contributed by atoms with Crippen LogP contribution in [0.15, 0.2) is 146 Å². The van der Waals surface area contributed by atoms with Crippen molar-refractivity contribution < 1.29 is 4.74 Å². The van der Waals surface area contributed by atoms with Crippen LogP contribution in [-0.4, -0.2) is 0 Å². The Morgan fingerprint density at radius 3 is 1.40 bits per heavy atom. The predicted molar refractivity (Wildman–Crippen MR) is 155 cm³/mol. The third kappa shape index (κ3) is 4.69. The van der Waals surface area contributed by atoms with E-state index in [4.69, 9.17) is 4.74 Å². The summed E-state index contributed by atoms with van der Waals surface area (Å²) in [6.07, 6.45) is 0.839. The van der Waals surface area contributed by atoms with Gasteiger partial charge in [-0.25, -0.2) is 0 Å². The van der Waals surface area contributed by atoms with Gasteiger partial charge < -0.3 is 0 Å². The van der Waals surface area contributed by atoms with Crippen molar-refractivity contribution in [1.82, 2.24) is 0 Å². The van der Waals surface area contributed by atoms with Crippen LogP contribution in [-0.2, 0) is 12.8 Å². The molecule has 0 saturated carbocycles. The van der Waals surface area contributed by atoms with E-state index in [-0.39, 0.29) is 0 Å². The molecule has 5 rings (SSSR count). The van der Waals surface area contributed by atoms with Crippen molar-refractivity contribution in [2.24, 2.45) is 0 Å². The third-order valence-electron chi connectivity index (χ3n) is 6.51. The molecule has 0 saturated heterocycles. The van der Waals surface area contributed by atoms with Crippen LogP contribution in [0.1, 0.15) is 11.1 Å². The van der Waals surface area contributed by atoms with E-state index in [0.717, 1.165) is 17.5 Å².